The van der Waals surface area contributed by atoms with Gasteiger partial charge in [0.2, 0.25) is 0 Å². The maximum absolute atomic E-state index is 12.4. The highest BCUT2D eigenvalue weighted by atomic mass is 19.1. The predicted molar refractivity (Wildman–Crippen MR) is 163 cm³/mol. The second-order valence-corrected chi connectivity index (χ2v) is 11.2. The van der Waals surface area contributed by atoms with Crippen molar-refractivity contribution in [2.75, 3.05) is 46.3 Å². The Morgan fingerprint density at radius 1 is 0.930 bits per heavy atom. The first-order valence-corrected chi connectivity index (χ1v) is 15.3. The number of carbonyl (C=O) groups excluding carboxylic acids is 1. The predicted octanol–water partition coefficient (Wildman–Crippen LogP) is 5.58. The van der Waals surface area contributed by atoms with Crippen LogP contribution in [0.25, 0.3) is 11.1 Å². The zero-order chi connectivity index (χ0) is 31.0. The summed E-state index contributed by atoms with van der Waals surface area (Å²) in [6.07, 6.45) is 6.42. The molecule has 0 bridgehead atoms. The molecule has 1 aliphatic carbocycles. The lowest BCUT2D eigenvalue weighted by molar-refractivity contribution is -0.142. The Labute approximate surface area is 254 Å². The van der Waals surface area contributed by atoms with Crippen LogP contribution in [-0.2, 0) is 14.3 Å². The van der Waals surface area contributed by atoms with Crippen LogP contribution in [0.1, 0.15) is 63.4 Å². The molecule has 0 saturated heterocycles. The van der Waals surface area contributed by atoms with Gasteiger partial charge in [-0.15, -0.1) is 0 Å². The van der Waals surface area contributed by atoms with E-state index in [-0.39, 0.29) is 45.3 Å². The Balaban J connectivity index is 1.64. The first-order chi connectivity index (χ1) is 20.8. The van der Waals surface area contributed by atoms with Gasteiger partial charge in [0.1, 0.15) is 31.3 Å². The minimum absolute atomic E-state index is 0.0141. The van der Waals surface area contributed by atoms with Gasteiger partial charge >= 0.3 is 5.97 Å². The Morgan fingerprint density at radius 3 is 2.19 bits per heavy atom. The minimum atomic E-state index is -1.08. The Kier molecular flexibility index (Phi) is 15.0. The summed E-state index contributed by atoms with van der Waals surface area (Å²) in [5.41, 5.74) is 3.18. The average Bonchev–Trinajstić information content (AvgIpc) is 3.04. The Morgan fingerprint density at radius 2 is 1.58 bits per heavy atom. The van der Waals surface area contributed by atoms with E-state index in [0.717, 1.165) is 36.8 Å². The molecule has 2 atom stereocenters. The van der Waals surface area contributed by atoms with Crippen LogP contribution in [0.15, 0.2) is 54.6 Å². The van der Waals surface area contributed by atoms with E-state index in [2.05, 4.69) is 30.8 Å². The van der Waals surface area contributed by atoms with Gasteiger partial charge in [0.15, 0.2) is 6.29 Å². The van der Waals surface area contributed by atoms with Crippen molar-refractivity contribution in [1.82, 2.24) is 0 Å². The third-order valence-corrected chi connectivity index (χ3v) is 7.92. The van der Waals surface area contributed by atoms with Gasteiger partial charge in [0.25, 0.3) is 0 Å². The number of rotatable bonds is 19. The number of carbonyl (C=O) groups is 1. The van der Waals surface area contributed by atoms with Crippen molar-refractivity contribution >= 4 is 5.97 Å². The zero-order valence-electron chi connectivity index (χ0n) is 25.2. The van der Waals surface area contributed by atoms with Gasteiger partial charge in [-0.2, -0.15) is 0 Å². The first kappa shape index (κ1) is 34.5. The molecule has 43 heavy (non-hydrogen) atoms. The number of esters is 1. The molecule has 0 heterocycles. The van der Waals surface area contributed by atoms with E-state index in [1.54, 1.807) is 13.0 Å². The maximum atomic E-state index is 12.4. The number of unbranched alkanes of at least 4 members (excludes halogenated alkanes) is 1. The number of aliphatic hydroxyl groups excluding tert-OH is 3. The fraction of sp³-hybridized carbons (Fsp3) is 0.559. The first-order valence-electron chi connectivity index (χ1n) is 15.3. The average molecular weight is 603 g/mol. The number of ether oxygens (including phenoxy) is 4. The largest absolute Gasteiger partial charge is 0.491 e. The molecule has 1 saturated carbocycles. The molecule has 2 aromatic carbocycles. The van der Waals surface area contributed by atoms with Crippen molar-refractivity contribution in [3.63, 3.8) is 0 Å². The van der Waals surface area contributed by atoms with Gasteiger partial charge < -0.3 is 34.3 Å². The highest BCUT2D eigenvalue weighted by Crippen LogP contribution is 2.38. The molecule has 9 heteroatoms. The summed E-state index contributed by atoms with van der Waals surface area (Å²) in [5.74, 6) is 1.24. The molecule has 0 spiro atoms. The Hall–Kier alpha value is -2.98. The van der Waals surface area contributed by atoms with Crippen LogP contribution < -0.4 is 9.47 Å². The zero-order valence-corrected chi connectivity index (χ0v) is 25.2. The van der Waals surface area contributed by atoms with E-state index < -0.39 is 24.8 Å². The monoisotopic (exact) mass is 602 g/mol. The van der Waals surface area contributed by atoms with Crippen LogP contribution in [0, 0.1) is 11.8 Å². The van der Waals surface area contributed by atoms with Crippen LogP contribution in [-0.4, -0.2) is 73.9 Å². The van der Waals surface area contributed by atoms with Crippen LogP contribution in [0.2, 0.25) is 0 Å². The van der Waals surface area contributed by atoms with E-state index >= 15 is 0 Å². The quantitative estimate of drug-likeness (QED) is 0.0827. The van der Waals surface area contributed by atoms with Gasteiger partial charge in [-0.1, -0.05) is 50.6 Å². The standard InChI is InChI=1S/C34H47FO8/c1-24(22-36)33(38)42-17-15-40-31-19-30(20-32(21-31)41-16-18-43-34(39)25(2)23-37)29-12-10-28(11-13-29)27-8-6-26(7-9-27)5-3-4-14-35/h10-13,19-21,25-27,34,36-37,39H,1,3-9,14-18,22-23H2,2H3. The molecule has 8 nitrogen and oxygen atoms in total. The smallest absolute Gasteiger partial charge is 0.335 e. The van der Waals surface area contributed by atoms with E-state index in [1.807, 2.05) is 12.1 Å². The summed E-state index contributed by atoms with van der Waals surface area (Å²) >= 11 is 0. The molecule has 1 fully saturated rings. The molecule has 238 valence electrons. The molecule has 3 rings (SSSR count). The molecule has 3 N–H and O–H groups in total. The summed E-state index contributed by atoms with van der Waals surface area (Å²) < 4.78 is 34.6. The van der Waals surface area contributed by atoms with E-state index in [4.69, 9.17) is 29.2 Å². The van der Waals surface area contributed by atoms with Crippen LogP contribution in [0.5, 0.6) is 11.5 Å². The van der Waals surface area contributed by atoms with Crippen LogP contribution in [0.3, 0.4) is 0 Å². The van der Waals surface area contributed by atoms with Crippen molar-refractivity contribution in [1.29, 1.82) is 0 Å². The van der Waals surface area contributed by atoms with Gasteiger partial charge in [-0.3, -0.25) is 4.39 Å². The van der Waals surface area contributed by atoms with Gasteiger partial charge in [-0.05, 0) is 72.8 Å². The van der Waals surface area contributed by atoms with Crippen molar-refractivity contribution in [3.8, 4) is 22.6 Å². The molecular formula is C34H47FO8. The third kappa shape index (κ3) is 11.6. The van der Waals surface area contributed by atoms with Crippen LogP contribution in [0.4, 0.5) is 4.39 Å². The normalized spacial score (nSPS) is 18.1. The molecule has 0 aliphatic heterocycles. The lowest BCUT2D eigenvalue weighted by atomic mass is 9.77. The van der Waals surface area contributed by atoms with Crippen molar-refractivity contribution in [2.45, 2.75) is 64.1 Å². The van der Waals surface area contributed by atoms with Crippen molar-refractivity contribution in [3.05, 3.63) is 60.2 Å². The summed E-state index contributed by atoms with van der Waals surface area (Å²) in [5, 5.41) is 28.1. The maximum Gasteiger partial charge on any atom is 0.335 e. The fourth-order valence-electron chi connectivity index (χ4n) is 5.21. The number of halogens is 1. The van der Waals surface area contributed by atoms with E-state index in [0.29, 0.717) is 29.8 Å². The van der Waals surface area contributed by atoms with Crippen molar-refractivity contribution in [2.24, 2.45) is 11.8 Å². The molecule has 1 aliphatic rings. The van der Waals surface area contributed by atoms with Crippen LogP contribution >= 0.6 is 0 Å². The molecule has 2 unspecified atom stereocenters. The van der Waals surface area contributed by atoms with E-state index in [9.17, 15) is 14.3 Å². The van der Waals surface area contributed by atoms with Crippen molar-refractivity contribution < 1.29 is 43.5 Å². The number of alkyl halides is 1. The molecule has 2 aromatic rings. The number of hydrogen-bond donors (Lipinski definition) is 3. The molecule has 0 aromatic heterocycles. The third-order valence-electron chi connectivity index (χ3n) is 7.92. The number of aliphatic hydroxyl groups is 3. The lowest BCUT2D eigenvalue weighted by Gasteiger charge is -2.29. The lowest BCUT2D eigenvalue weighted by Crippen LogP contribution is -2.26. The van der Waals surface area contributed by atoms with E-state index in [1.165, 1.54) is 18.4 Å². The highest BCUT2D eigenvalue weighted by molar-refractivity contribution is 5.87. The topological polar surface area (TPSA) is 115 Å². The second-order valence-electron chi connectivity index (χ2n) is 11.2. The second kappa shape index (κ2) is 18.6. The molecule has 0 amide bonds. The molecular weight excluding hydrogens is 555 g/mol. The summed E-state index contributed by atoms with van der Waals surface area (Å²) in [6, 6.07) is 14.1. The van der Waals surface area contributed by atoms with Gasteiger partial charge in [0.05, 0.1) is 32.1 Å². The molecule has 0 radical (unpaired) electrons. The van der Waals surface area contributed by atoms with Gasteiger partial charge in [0, 0.05) is 12.0 Å². The number of hydrogen-bond acceptors (Lipinski definition) is 8. The SMILES string of the molecule is C=C(CO)C(=O)OCCOc1cc(OCCOC(O)C(C)CO)cc(-c2ccc(C3CCC(CCCCF)CC3)cc2)c1. The summed E-state index contributed by atoms with van der Waals surface area (Å²) in [6.45, 7) is 4.65. The summed E-state index contributed by atoms with van der Waals surface area (Å²) in [7, 11) is 0. The fourth-order valence-corrected chi connectivity index (χ4v) is 5.21. The minimum Gasteiger partial charge on any atom is -0.491 e. The highest BCUT2D eigenvalue weighted by Gasteiger charge is 2.22. The Bertz CT molecular complexity index is 1110. The number of benzene rings is 2. The summed E-state index contributed by atoms with van der Waals surface area (Å²) in [4.78, 5) is 11.7. The van der Waals surface area contributed by atoms with Gasteiger partial charge in [-0.25, -0.2) is 4.79 Å².